The van der Waals surface area contributed by atoms with Crippen LogP contribution in [0.5, 0.6) is 0 Å². The molecule has 0 aromatic carbocycles. The van der Waals surface area contributed by atoms with E-state index in [0.29, 0.717) is 10.0 Å². The number of allylic oxidation sites excluding steroid dienone is 1. The lowest BCUT2D eigenvalue weighted by Crippen LogP contribution is -2.31. The Labute approximate surface area is 115 Å². The molecule has 1 amide bonds. The summed E-state index contributed by atoms with van der Waals surface area (Å²) in [7, 11) is 1.33. The summed E-state index contributed by atoms with van der Waals surface area (Å²) in [5.41, 5.74) is 0.945. The first-order chi connectivity index (χ1) is 9.02. The Bertz CT molecular complexity index is 528. The van der Waals surface area contributed by atoms with E-state index in [0.717, 1.165) is 18.4 Å². The SMILES string of the molecule is COC(=O)c1cnc(N(C(=O)C=C(C)C)C2CC2)s1. The Morgan fingerprint density at radius 2 is 2.16 bits per heavy atom. The molecule has 0 N–H and O–H groups in total. The first-order valence-electron chi connectivity index (χ1n) is 6.05. The Balaban J connectivity index is 2.25. The quantitative estimate of drug-likeness (QED) is 0.627. The Kier molecular flexibility index (Phi) is 3.99. The Morgan fingerprint density at radius 1 is 1.47 bits per heavy atom. The maximum Gasteiger partial charge on any atom is 0.349 e. The molecule has 102 valence electrons. The van der Waals surface area contributed by atoms with Crippen LogP contribution in [0.15, 0.2) is 17.8 Å². The van der Waals surface area contributed by atoms with Gasteiger partial charge in [0.05, 0.1) is 13.3 Å². The molecule has 0 atom stereocenters. The first-order valence-corrected chi connectivity index (χ1v) is 6.87. The number of esters is 1. The smallest absolute Gasteiger partial charge is 0.349 e. The fourth-order valence-corrected chi connectivity index (χ4v) is 2.56. The zero-order valence-electron chi connectivity index (χ0n) is 11.2. The van der Waals surface area contributed by atoms with Crippen molar-refractivity contribution in [2.45, 2.75) is 32.7 Å². The van der Waals surface area contributed by atoms with E-state index in [2.05, 4.69) is 9.72 Å². The highest BCUT2D eigenvalue weighted by Gasteiger charge is 2.35. The lowest BCUT2D eigenvalue weighted by atomic mass is 10.3. The van der Waals surface area contributed by atoms with Gasteiger partial charge in [-0.3, -0.25) is 9.69 Å². The van der Waals surface area contributed by atoms with Crippen molar-refractivity contribution in [2.75, 3.05) is 12.0 Å². The number of thiazole rings is 1. The number of rotatable bonds is 4. The number of hydrogen-bond acceptors (Lipinski definition) is 5. The minimum Gasteiger partial charge on any atom is -0.465 e. The maximum absolute atomic E-state index is 12.2. The van der Waals surface area contributed by atoms with E-state index in [9.17, 15) is 9.59 Å². The summed E-state index contributed by atoms with van der Waals surface area (Å²) in [6, 6.07) is 0.208. The molecule has 2 rings (SSSR count). The van der Waals surface area contributed by atoms with Crippen molar-refractivity contribution < 1.29 is 14.3 Å². The standard InChI is InChI=1S/C13H16N2O3S/c1-8(2)6-11(16)15(9-4-5-9)13-14-7-10(19-13)12(17)18-3/h6-7,9H,4-5H2,1-3H3. The number of hydrogen-bond donors (Lipinski definition) is 0. The Hall–Kier alpha value is -1.69. The molecular formula is C13H16N2O3S. The predicted molar refractivity (Wildman–Crippen MR) is 73.4 cm³/mol. The minimum absolute atomic E-state index is 0.0757. The molecule has 1 saturated carbocycles. The van der Waals surface area contributed by atoms with Crippen LogP contribution in [0.2, 0.25) is 0 Å². The van der Waals surface area contributed by atoms with E-state index >= 15 is 0 Å². The molecule has 0 aliphatic heterocycles. The van der Waals surface area contributed by atoms with Crippen LogP contribution in [-0.2, 0) is 9.53 Å². The summed E-state index contributed by atoms with van der Waals surface area (Å²) in [4.78, 5) is 29.8. The van der Waals surface area contributed by atoms with Crippen molar-refractivity contribution >= 4 is 28.3 Å². The predicted octanol–water partition coefficient (Wildman–Crippen LogP) is 2.39. The highest BCUT2D eigenvalue weighted by Crippen LogP contribution is 2.34. The van der Waals surface area contributed by atoms with Crippen LogP contribution in [0.1, 0.15) is 36.4 Å². The van der Waals surface area contributed by atoms with Gasteiger partial charge in [0, 0.05) is 12.1 Å². The van der Waals surface area contributed by atoms with Crippen LogP contribution >= 0.6 is 11.3 Å². The number of aromatic nitrogens is 1. The average Bonchev–Trinajstić information content (AvgIpc) is 3.04. The van der Waals surface area contributed by atoms with Crippen LogP contribution in [-0.4, -0.2) is 30.0 Å². The molecule has 5 nitrogen and oxygen atoms in total. The third kappa shape index (κ3) is 3.20. The topological polar surface area (TPSA) is 59.5 Å². The summed E-state index contributed by atoms with van der Waals surface area (Å²) in [6.45, 7) is 3.76. The molecule has 1 heterocycles. The van der Waals surface area contributed by atoms with Crippen molar-refractivity contribution in [1.29, 1.82) is 0 Å². The van der Waals surface area contributed by atoms with Crippen LogP contribution in [0.25, 0.3) is 0 Å². The molecule has 0 spiro atoms. The first kappa shape index (κ1) is 13.7. The fraction of sp³-hybridized carbons (Fsp3) is 0.462. The average molecular weight is 280 g/mol. The number of anilines is 1. The van der Waals surface area contributed by atoms with Crippen molar-refractivity contribution in [3.05, 3.63) is 22.7 Å². The number of nitrogens with zero attached hydrogens (tertiary/aromatic N) is 2. The van der Waals surface area contributed by atoms with E-state index in [1.54, 1.807) is 11.0 Å². The van der Waals surface area contributed by atoms with E-state index in [1.165, 1.54) is 24.6 Å². The van der Waals surface area contributed by atoms with Gasteiger partial charge in [0.2, 0.25) is 0 Å². The van der Waals surface area contributed by atoms with Crippen molar-refractivity contribution in [2.24, 2.45) is 0 Å². The van der Waals surface area contributed by atoms with Gasteiger partial charge in [0.1, 0.15) is 4.88 Å². The van der Waals surface area contributed by atoms with Crippen LogP contribution in [0, 0.1) is 0 Å². The van der Waals surface area contributed by atoms with Crippen LogP contribution in [0.4, 0.5) is 5.13 Å². The molecular weight excluding hydrogens is 264 g/mol. The normalized spacial score (nSPS) is 13.8. The number of ether oxygens (including phenoxy) is 1. The third-order valence-electron chi connectivity index (χ3n) is 2.65. The highest BCUT2D eigenvalue weighted by atomic mass is 32.1. The van der Waals surface area contributed by atoms with E-state index in [1.807, 2.05) is 13.8 Å². The molecule has 0 unspecified atom stereocenters. The summed E-state index contributed by atoms with van der Waals surface area (Å²) < 4.78 is 4.65. The van der Waals surface area contributed by atoms with Gasteiger partial charge >= 0.3 is 5.97 Å². The maximum atomic E-state index is 12.2. The molecule has 19 heavy (non-hydrogen) atoms. The number of methoxy groups -OCH3 is 1. The Morgan fingerprint density at radius 3 is 2.68 bits per heavy atom. The summed E-state index contributed by atoms with van der Waals surface area (Å²) in [6.07, 6.45) is 5.01. The van der Waals surface area contributed by atoms with Crippen molar-refractivity contribution in [3.8, 4) is 0 Å². The third-order valence-corrected chi connectivity index (χ3v) is 3.62. The molecule has 0 bridgehead atoms. The van der Waals surface area contributed by atoms with Gasteiger partial charge in [-0.15, -0.1) is 0 Å². The van der Waals surface area contributed by atoms with Crippen molar-refractivity contribution in [1.82, 2.24) is 4.98 Å². The fourth-order valence-electron chi connectivity index (χ4n) is 1.65. The second-order valence-electron chi connectivity index (χ2n) is 4.66. The van der Waals surface area contributed by atoms with Crippen LogP contribution < -0.4 is 4.90 Å². The molecule has 0 saturated heterocycles. The van der Waals surface area contributed by atoms with Crippen molar-refractivity contribution in [3.63, 3.8) is 0 Å². The largest absolute Gasteiger partial charge is 0.465 e. The van der Waals surface area contributed by atoms with Gasteiger partial charge in [0.15, 0.2) is 5.13 Å². The monoisotopic (exact) mass is 280 g/mol. The van der Waals surface area contributed by atoms with Gasteiger partial charge < -0.3 is 4.74 Å². The van der Waals surface area contributed by atoms with Gasteiger partial charge in [-0.1, -0.05) is 16.9 Å². The molecule has 1 aromatic heterocycles. The molecule has 1 aliphatic carbocycles. The van der Waals surface area contributed by atoms with Gasteiger partial charge in [0.25, 0.3) is 5.91 Å². The van der Waals surface area contributed by atoms with E-state index in [-0.39, 0.29) is 11.9 Å². The second kappa shape index (κ2) is 5.52. The lowest BCUT2D eigenvalue weighted by molar-refractivity contribution is -0.114. The van der Waals surface area contributed by atoms with Gasteiger partial charge in [-0.05, 0) is 26.7 Å². The lowest BCUT2D eigenvalue weighted by Gasteiger charge is -2.17. The van der Waals surface area contributed by atoms with Crippen LogP contribution in [0.3, 0.4) is 0 Å². The molecule has 1 aliphatic rings. The molecule has 1 fully saturated rings. The summed E-state index contributed by atoms with van der Waals surface area (Å²) in [5, 5.41) is 0.561. The minimum atomic E-state index is -0.422. The van der Waals surface area contributed by atoms with Gasteiger partial charge in [-0.25, -0.2) is 9.78 Å². The van der Waals surface area contributed by atoms with E-state index < -0.39 is 5.97 Å². The zero-order valence-corrected chi connectivity index (χ0v) is 12.0. The molecule has 1 aromatic rings. The van der Waals surface area contributed by atoms with Gasteiger partial charge in [-0.2, -0.15) is 0 Å². The highest BCUT2D eigenvalue weighted by molar-refractivity contribution is 7.17. The molecule has 6 heteroatoms. The number of carbonyl (C=O) groups is 2. The number of amides is 1. The molecule has 0 radical (unpaired) electrons. The zero-order chi connectivity index (χ0) is 14.0. The second-order valence-corrected chi connectivity index (χ2v) is 5.67. The van der Waals surface area contributed by atoms with E-state index in [4.69, 9.17) is 0 Å². The number of carbonyl (C=O) groups excluding carboxylic acids is 2. The summed E-state index contributed by atoms with van der Waals surface area (Å²) in [5.74, 6) is -0.498. The summed E-state index contributed by atoms with van der Waals surface area (Å²) >= 11 is 1.19.